The number of nitriles is 1. The number of carbonyl (C=O) groups excluding carboxylic acids is 2. The van der Waals surface area contributed by atoms with Crippen LogP contribution >= 0.6 is 0 Å². The zero-order valence-electron chi connectivity index (χ0n) is 19.3. The second-order valence-electron chi connectivity index (χ2n) is 8.07. The molecular weight excluding hydrogens is 452 g/mol. The highest BCUT2D eigenvalue weighted by molar-refractivity contribution is 6.23. The molecule has 174 valence electrons. The van der Waals surface area contributed by atoms with Gasteiger partial charge in [0.2, 0.25) is 0 Å². The third-order valence-corrected chi connectivity index (χ3v) is 5.82. The molecule has 0 atom stereocenters. The van der Waals surface area contributed by atoms with E-state index in [1.807, 2.05) is 42.5 Å². The number of nitrogens with zero attached hydrogens (tertiary/aromatic N) is 2. The van der Waals surface area contributed by atoms with E-state index in [0.717, 1.165) is 16.8 Å². The lowest BCUT2D eigenvalue weighted by Gasteiger charge is -2.20. The zero-order valence-corrected chi connectivity index (χ0v) is 19.3. The number of hydrogen-bond acceptors (Lipinski definition) is 5. The highest BCUT2D eigenvalue weighted by atomic mass is 16.5. The van der Waals surface area contributed by atoms with Crippen molar-refractivity contribution in [2.45, 2.75) is 0 Å². The lowest BCUT2D eigenvalue weighted by atomic mass is 10.1. The molecule has 0 bridgehead atoms. The Kier molecular flexibility index (Phi) is 6.04. The number of furan rings is 1. The molecule has 0 N–H and O–H groups in total. The van der Waals surface area contributed by atoms with Crippen LogP contribution in [0.4, 0.5) is 5.69 Å². The standard InChI is InChI=1S/C30H20N2O4/c1-35-30(34)23-11-9-22(10-12-23)28-16-15-26(36-28)17-24-18-27(21-5-3-2-4-6-21)32(29(24)33)25-13-7-20(19-31)8-14-25/h2-18H,1H3/b24-17+. The Hall–Kier alpha value is -5.15. The smallest absolute Gasteiger partial charge is 0.337 e. The molecule has 1 aliphatic rings. The van der Waals surface area contributed by atoms with Crippen LogP contribution < -0.4 is 4.90 Å². The summed E-state index contributed by atoms with van der Waals surface area (Å²) < 4.78 is 10.7. The molecule has 2 heterocycles. The van der Waals surface area contributed by atoms with Crippen molar-refractivity contribution >= 4 is 29.3 Å². The second-order valence-corrected chi connectivity index (χ2v) is 8.07. The number of esters is 1. The maximum absolute atomic E-state index is 13.5. The average Bonchev–Trinajstić information content (AvgIpc) is 3.53. The zero-order chi connectivity index (χ0) is 25.1. The van der Waals surface area contributed by atoms with E-state index in [9.17, 15) is 9.59 Å². The second kappa shape index (κ2) is 9.61. The van der Waals surface area contributed by atoms with Crippen LogP contribution in [-0.4, -0.2) is 19.0 Å². The summed E-state index contributed by atoms with van der Waals surface area (Å²) in [7, 11) is 1.34. The van der Waals surface area contributed by atoms with Gasteiger partial charge in [-0.05, 0) is 66.2 Å². The molecule has 1 aliphatic heterocycles. The van der Waals surface area contributed by atoms with Crippen LogP contribution in [0.3, 0.4) is 0 Å². The van der Waals surface area contributed by atoms with Crippen molar-refractivity contribution in [2.24, 2.45) is 0 Å². The summed E-state index contributed by atoms with van der Waals surface area (Å²) in [5, 5.41) is 9.13. The highest BCUT2D eigenvalue weighted by Crippen LogP contribution is 2.35. The molecule has 0 saturated carbocycles. The molecule has 0 radical (unpaired) electrons. The van der Waals surface area contributed by atoms with Crippen LogP contribution in [0.25, 0.3) is 23.1 Å². The fourth-order valence-corrected chi connectivity index (χ4v) is 4.01. The first kappa shape index (κ1) is 22.6. The van der Waals surface area contributed by atoms with E-state index in [-0.39, 0.29) is 5.91 Å². The van der Waals surface area contributed by atoms with E-state index in [1.54, 1.807) is 65.6 Å². The van der Waals surface area contributed by atoms with Crippen molar-refractivity contribution in [3.63, 3.8) is 0 Å². The molecule has 5 rings (SSSR count). The molecule has 1 aromatic heterocycles. The van der Waals surface area contributed by atoms with Crippen molar-refractivity contribution in [2.75, 3.05) is 12.0 Å². The quantitative estimate of drug-likeness (QED) is 0.260. The third kappa shape index (κ3) is 4.33. The van der Waals surface area contributed by atoms with Crippen molar-refractivity contribution < 1.29 is 18.7 Å². The molecule has 6 heteroatoms. The van der Waals surface area contributed by atoms with Gasteiger partial charge in [0.05, 0.1) is 30.0 Å². The fraction of sp³-hybridized carbons (Fsp3) is 0.0333. The molecule has 1 amide bonds. The molecule has 6 nitrogen and oxygen atoms in total. The van der Waals surface area contributed by atoms with E-state index in [1.165, 1.54) is 7.11 Å². The average molecular weight is 473 g/mol. The highest BCUT2D eigenvalue weighted by Gasteiger charge is 2.30. The molecule has 0 unspecified atom stereocenters. The number of amides is 1. The molecule has 0 saturated heterocycles. The van der Waals surface area contributed by atoms with Crippen molar-refractivity contribution in [3.8, 4) is 17.4 Å². The molecule has 4 aromatic rings. The minimum Gasteiger partial charge on any atom is -0.465 e. The maximum atomic E-state index is 13.5. The summed E-state index contributed by atoms with van der Waals surface area (Å²) >= 11 is 0. The molecule has 0 aliphatic carbocycles. The summed E-state index contributed by atoms with van der Waals surface area (Å²) in [5.74, 6) is 0.536. The molecular formula is C30H20N2O4. The first-order valence-corrected chi connectivity index (χ1v) is 11.2. The van der Waals surface area contributed by atoms with Crippen LogP contribution in [0.2, 0.25) is 0 Å². The summed E-state index contributed by atoms with van der Waals surface area (Å²) in [6, 6.07) is 29.2. The monoisotopic (exact) mass is 472 g/mol. The molecule has 3 aromatic carbocycles. The summed E-state index contributed by atoms with van der Waals surface area (Å²) in [4.78, 5) is 26.8. The first-order valence-electron chi connectivity index (χ1n) is 11.2. The Morgan fingerprint density at radius 1 is 0.917 bits per heavy atom. The summed E-state index contributed by atoms with van der Waals surface area (Å²) in [6.07, 6.45) is 3.55. The SMILES string of the molecule is COC(=O)c1ccc(-c2ccc(/C=C3\C=C(c4ccccc4)N(c4ccc(C#N)cc4)C3=O)o2)cc1. The minimum absolute atomic E-state index is 0.195. The van der Waals surface area contributed by atoms with Gasteiger partial charge in [-0.1, -0.05) is 42.5 Å². The predicted octanol–water partition coefficient (Wildman–Crippen LogP) is 6.08. The van der Waals surface area contributed by atoms with E-state index >= 15 is 0 Å². The van der Waals surface area contributed by atoms with Gasteiger partial charge in [-0.15, -0.1) is 0 Å². The minimum atomic E-state index is -0.404. The molecule has 0 fully saturated rings. The molecule has 0 spiro atoms. The Bertz CT molecular complexity index is 1540. The normalized spacial score (nSPS) is 14.0. The predicted molar refractivity (Wildman–Crippen MR) is 137 cm³/mol. The lowest BCUT2D eigenvalue weighted by molar-refractivity contribution is -0.113. The Morgan fingerprint density at radius 2 is 1.64 bits per heavy atom. The van der Waals surface area contributed by atoms with Gasteiger partial charge < -0.3 is 9.15 Å². The van der Waals surface area contributed by atoms with Gasteiger partial charge in [0.25, 0.3) is 5.91 Å². The van der Waals surface area contributed by atoms with Crippen LogP contribution in [0.1, 0.15) is 27.2 Å². The molecule has 36 heavy (non-hydrogen) atoms. The van der Waals surface area contributed by atoms with E-state index < -0.39 is 5.97 Å². The number of benzene rings is 3. The van der Waals surface area contributed by atoms with Gasteiger partial charge in [-0.25, -0.2) is 4.79 Å². The van der Waals surface area contributed by atoms with Gasteiger partial charge in [-0.2, -0.15) is 5.26 Å². The van der Waals surface area contributed by atoms with E-state index in [0.29, 0.717) is 33.9 Å². The largest absolute Gasteiger partial charge is 0.465 e. The Morgan fingerprint density at radius 3 is 2.31 bits per heavy atom. The summed E-state index contributed by atoms with van der Waals surface area (Å²) in [5.41, 5.74) is 4.54. The number of anilines is 1. The maximum Gasteiger partial charge on any atom is 0.337 e. The number of ether oxygens (including phenoxy) is 1. The van der Waals surface area contributed by atoms with Crippen LogP contribution in [0, 0.1) is 11.3 Å². The van der Waals surface area contributed by atoms with E-state index in [2.05, 4.69) is 6.07 Å². The van der Waals surface area contributed by atoms with Crippen LogP contribution in [-0.2, 0) is 9.53 Å². The lowest BCUT2D eigenvalue weighted by Crippen LogP contribution is -2.24. The van der Waals surface area contributed by atoms with Crippen LogP contribution in [0.15, 0.2) is 107 Å². The van der Waals surface area contributed by atoms with Crippen molar-refractivity contribution in [1.29, 1.82) is 5.26 Å². The third-order valence-electron chi connectivity index (χ3n) is 5.82. The van der Waals surface area contributed by atoms with Crippen molar-refractivity contribution in [1.82, 2.24) is 0 Å². The Labute approximate surface area is 208 Å². The Balaban J connectivity index is 1.48. The number of rotatable bonds is 5. The van der Waals surface area contributed by atoms with Gasteiger partial charge >= 0.3 is 5.97 Å². The number of methoxy groups -OCH3 is 1. The van der Waals surface area contributed by atoms with Gasteiger partial charge in [0, 0.05) is 16.8 Å². The first-order chi connectivity index (χ1) is 17.6. The number of hydrogen-bond donors (Lipinski definition) is 0. The topological polar surface area (TPSA) is 83.5 Å². The van der Waals surface area contributed by atoms with Crippen molar-refractivity contribution in [3.05, 3.63) is 125 Å². The van der Waals surface area contributed by atoms with Gasteiger partial charge in [-0.3, -0.25) is 9.69 Å². The fourth-order valence-electron chi connectivity index (χ4n) is 4.01. The van der Waals surface area contributed by atoms with E-state index in [4.69, 9.17) is 14.4 Å². The van der Waals surface area contributed by atoms with Gasteiger partial charge in [0.15, 0.2) is 0 Å². The number of carbonyl (C=O) groups is 2. The summed E-state index contributed by atoms with van der Waals surface area (Å²) in [6.45, 7) is 0. The van der Waals surface area contributed by atoms with Crippen LogP contribution in [0.5, 0.6) is 0 Å². The van der Waals surface area contributed by atoms with Gasteiger partial charge in [0.1, 0.15) is 11.5 Å².